The van der Waals surface area contributed by atoms with Gasteiger partial charge in [0.25, 0.3) is 0 Å². The van der Waals surface area contributed by atoms with E-state index in [2.05, 4.69) is 254 Å². The van der Waals surface area contributed by atoms with E-state index >= 15 is 0 Å². The number of rotatable bonds is 10. The monoisotopic (exact) mass is 870 g/mol. The molecule has 0 N–H and O–H groups in total. The SMILES string of the molecule is C(=C\c1ccc(/C=C/c2ccc3c(c2)C2(CCCC2)c2cc(N(c4ccccc4)c4ccccc4)ccc2-3)nc1)/c1ccc(-c2ccc3cc(-c4ccccc4)c(-c4ccccc4)cc3c2)cc1. The van der Waals surface area contributed by atoms with Gasteiger partial charge in [-0.05, 0) is 163 Å². The molecule has 0 aliphatic heterocycles. The third-order valence-corrected chi connectivity index (χ3v) is 14.2. The Morgan fingerprint density at radius 1 is 0.353 bits per heavy atom. The van der Waals surface area contributed by atoms with E-state index in [0.29, 0.717) is 0 Å². The fraction of sp³-hybridized carbons (Fsp3) is 0.0758. The molecule has 10 aromatic rings. The normalized spacial score (nSPS) is 13.6. The summed E-state index contributed by atoms with van der Waals surface area (Å²) in [6.45, 7) is 0. The molecule has 12 rings (SSSR count). The average Bonchev–Trinajstić information content (AvgIpc) is 4.01. The van der Waals surface area contributed by atoms with Gasteiger partial charge in [0, 0.05) is 28.7 Å². The van der Waals surface area contributed by atoms with Crippen LogP contribution in [-0.2, 0) is 5.41 Å². The van der Waals surface area contributed by atoms with Crippen LogP contribution < -0.4 is 4.90 Å². The lowest BCUT2D eigenvalue weighted by Crippen LogP contribution is -2.21. The zero-order valence-electron chi connectivity index (χ0n) is 38.0. The minimum Gasteiger partial charge on any atom is -0.310 e. The minimum absolute atomic E-state index is 0.0352. The Labute approximate surface area is 399 Å². The highest BCUT2D eigenvalue weighted by molar-refractivity contribution is 5.98. The molecule has 0 atom stereocenters. The maximum Gasteiger partial charge on any atom is 0.0630 e. The average molecular weight is 871 g/mol. The van der Waals surface area contributed by atoms with Crippen LogP contribution in [0.25, 0.3) is 79.6 Å². The van der Waals surface area contributed by atoms with E-state index in [0.717, 1.165) is 16.8 Å². The molecule has 324 valence electrons. The Morgan fingerprint density at radius 3 is 1.51 bits per heavy atom. The molecule has 68 heavy (non-hydrogen) atoms. The van der Waals surface area contributed by atoms with E-state index in [9.17, 15) is 0 Å². The number of fused-ring (bicyclic) bond motifs is 6. The Kier molecular flexibility index (Phi) is 10.8. The van der Waals surface area contributed by atoms with Crippen molar-refractivity contribution in [2.45, 2.75) is 31.1 Å². The Balaban J connectivity index is 0.749. The summed E-state index contributed by atoms with van der Waals surface area (Å²) in [5.74, 6) is 0. The molecule has 1 saturated carbocycles. The number of pyridine rings is 1. The van der Waals surface area contributed by atoms with Gasteiger partial charge in [-0.15, -0.1) is 0 Å². The third-order valence-electron chi connectivity index (χ3n) is 14.2. The second-order valence-electron chi connectivity index (χ2n) is 18.3. The van der Waals surface area contributed by atoms with Gasteiger partial charge in [-0.2, -0.15) is 0 Å². The molecule has 9 aromatic carbocycles. The van der Waals surface area contributed by atoms with Crippen LogP contribution in [0.2, 0.25) is 0 Å². The first-order chi connectivity index (χ1) is 33.6. The van der Waals surface area contributed by atoms with E-state index in [1.54, 1.807) is 0 Å². The minimum atomic E-state index is 0.0352. The van der Waals surface area contributed by atoms with Crippen molar-refractivity contribution in [1.29, 1.82) is 0 Å². The first kappa shape index (κ1) is 41.1. The van der Waals surface area contributed by atoms with Crippen molar-refractivity contribution in [3.8, 4) is 44.5 Å². The van der Waals surface area contributed by atoms with Crippen LogP contribution in [0.4, 0.5) is 17.1 Å². The number of hydrogen-bond donors (Lipinski definition) is 0. The molecule has 1 spiro atoms. The first-order valence-electron chi connectivity index (χ1n) is 24.0. The van der Waals surface area contributed by atoms with Crippen LogP contribution in [0.5, 0.6) is 0 Å². The summed E-state index contributed by atoms with van der Waals surface area (Å²) in [6, 6.07) is 81.7. The molecule has 2 aliphatic carbocycles. The van der Waals surface area contributed by atoms with Crippen LogP contribution in [0.1, 0.15) is 59.2 Å². The Bertz CT molecular complexity index is 3420. The molecule has 2 aliphatic rings. The van der Waals surface area contributed by atoms with Gasteiger partial charge in [0.1, 0.15) is 0 Å². The van der Waals surface area contributed by atoms with Gasteiger partial charge in [-0.3, -0.25) is 4.98 Å². The highest BCUT2D eigenvalue weighted by Gasteiger charge is 2.45. The molecule has 0 radical (unpaired) electrons. The summed E-state index contributed by atoms with van der Waals surface area (Å²) in [7, 11) is 0. The second kappa shape index (κ2) is 17.8. The summed E-state index contributed by atoms with van der Waals surface area (Å²) < 4.78 is 0. The van der Waals surface area contributed by atoms with Crippen molar-refractivity contribution in [2.75, 3.05) is 4.90 Å². The molecular weight excluding hydrogens is 821 g/mol. The Morgan fingerprint density at radius 2 is 0.882 bits per heavy atom. The van der Waals surface area contributed by atoms with Crippen molar-refractivity contribution in [1.82, 2.24) is 4.98 Å². The molecule has 0 saturated heterocycles. The van der Waals surface area contributed by atoms with E-state index in [1.165, 1.54) is 115 Å². The van der Waals surface area contributed by atoms with Gasteiger partial charge < -0.3 is 4.90 Å². The zero-order chi connectivity index (χ0) is 45.3. The lowest BCUT2D eigenvalue weighted by molar-refractivity contribution is 0.550. The number of benzene rings is 9. The van der Waals surface area contributed by atoms with Crippen LogP contribution in [0.3, 0.4) is 0 Å². The maximum absolute atomic E-state index is 4.84. The van der Waals surface area contributed by atoms with Gasteiger partial charge in [-0.1, -0.05) is 195 Å². The van der Waals surface area contributed by atoms with Crippen LogP contribution in [0.15, 0.2) is 231 Å². The Hall–Kier alpha value is -8.33. The fourth-order valence-electron chi connectivity index (χ4n) is 10.8. The zero-order valence-corrected chi connectivity index (χ0v) is 38.0. The fourth-order valence-corrected chi connectivity index (χ4v) is 10.8. The summed E-state index contributed by atoms with van der Waals surface area (Å²) >= 11 is 0. The van der Waals surface area contributed by atoms with Gasteiger partial charge in [0.05, 0.1) is 5.69 Å². The summed E-state index contributed by atoms with van der Waals surface area (Å²) in [4.78, 5) is 7.23. The topological polar surface area (TPSA) is 16.1 Å². The predicted octanol–water partition coefficient (Wildman–Crippen LogP) is 17.9. The van der Waals surface area contributed by atoms with Crippen molar-refractivity contribution in [2.24, 2.45) is 0 Å². The number of hydrogen-bond acceptors (Lipinski definition) is 2. The molecule has 2 nitrogen and oxygen atoms in total. The van der Waals surface area contributed by atoms with Gasteiger partial charge in [0.15, 0.2) is 0 Å². The third kappa shape index (κ3) is 7.84. The van der Waals surface area contributed by atoms with E-state index in [4.69, 9.17) is 4.98 Å². The van der Waals surface area contributed by atoms with Crippen molar-refractivity contribution >= 4 is 52.1 Å². The quantitative estimate of drug-likeness (QED) is 0.136. The van der Waals surface area contributed by atoms with E-state index < -0.39 is 0 Å². The van der Waals surface area contributed by atoms with Gasteiger partial charge in [-0.25, -0.2) is 0 Å². The molecular formula is C66H50N2. The molecule has 0 bridgehead atoms. The lowest BCUT2D eigenvalue weighted by Gasteiger charge is -2.30. The van der Waals surface area contributed by atoms with Crippen LogP contribution in [-0.4, -0.2) is 4.98 Å². The molecule has 1 heterocycles. The van der Waals surface area contributed by atoms with Crippen molar-refractivity contribution in [3.63, 3.8) is 0 Å². The van der Waals surface area contributed by atoms with Crippen LogP contribution in [0, 0.1) is 0 Å². The summed E-state index contributed by atoms with van der Waals surface area (Å²) in [6.07, 6.45) is 15.5. The van der Waals surface area contributed by atoms with E-state index in [-0.39, 0.29) is 5.41 Å². The maximum atomic E-state index is 4.84. The second-order valence-corrected chi connectivity index (χ2v) is 18.3. The molecule has 1 aromatic heterocycles. The molecule has 2 heteroatoms. The highest BCUT2D eigenvalue weighted by Crippen LogP contribution is 2.58. The highest BCUT2D eigenvalue weighted by atomic mass is 15.1. The molecule has 1 fully saturated rings. The number of nitrogens with zero attached hydrogens (tertiary/aromatic N) is 2. The number of anilines is 3. The number of para-hydroxylation sites is 2. The summed E-state index contributed by atoms with van der Waals surface area (Å²) in [5, 5.41) is 2.47. The molecule has 0 unspecified atom stereocenters. The summed E-state index contributed by atoms with van der Waals surface area (Å²) in [5.41, 5.74) is 21.0. The predicted molar refractivity (Wildman–Crippen MR) is 288 cm³/mol. The standard InChI is InChI=1S/C66H50N2/c1-5-15-51(16-6-1)62-43-54-33-32-53(42-55(54)44-63(62)52-17-7-2-8-18-52)50-30-25-47(26-31-50)23-24-49-28-35-56(67-46-49)34-27-48-29-37-60-61-38-36-59(45-65(61)66(64(60)41-48)39-13-14-40-66)68(57-19-9-3-10-20-57)58-21-11-4-12-22-58/h1-12,15-38,41-46H,13-14,39-40H2/b24-23+,34-27+. The van der Waals surface area contributed by atoms with Crippen LogP contribution >= 0.6 is 0 Å². The number of aromatic nitrogens is 1. The van der Waals surface area contributed by atoms with Gasteiger partial charge >= 0.3 is 0 Å². The lowest BCUT2D eigenvalue weighted by atomic mass is 9.76. The first-order valence-corrected chi connectivity index (χ1v) is 24.0. The van der Waals surface area contributed by atoms with Crippen molar-refractivity contribution < 1.29 is 0 Å². The van der Waals surface area contributed by atoms with Crippen molar-refractivity contribution in [3.05, 3.63) is 264 Å². The van der Waals surface area contributed by atoms with E-state index in [1.807, 2.05) is 6.20 Å². The largest absolute Gasteiger partial charge is 0.310 e. The molecule has 0 amide bonds. The smallest absolute Gasteiger partial charge is 0.0630 e. The van der Waals surface area contributed by atoms with Gasteiger partial charge in [0.2, 0.25) is 0 Å².